The van der Waals surface area contributed by atoms with Crippen molar-refractivity contribution in [1.82, 2.24) is 10.2 Å². The molecule has 5 heteroatoms. The Labute approximate surface area is 122 Å². The van der Waals surface area contributed by atoms with E-state index in [1.54, 1.807) is 0 Å². The molecule has 0 spiro atoms. The van der Waals surface area contributed by atoms with Crippen LogP contribution >= 0.6 is 0 Å². The van der Waals surface area contributed by atoms with Crippen molar-refractivity contribution >= 4 is 11.8 Å². The van der Waals surface area contributed by atoms with Gasteiger partial charge in [0.1, 0.15) is 0 Å². The molecule has 1 rings (SSSR count). The zero-order valence-electron chi connectivity index (χ0n) is 12.9. The number of likely N-dealkylation sites (tertiary alicyclic amines) is 1. The van der Waals surface area contributed by atoms with Gasteiger partial charge in [-0.05, 0) is 38.6 Å². The fraction of sp³-hybridized carbons (Fsp3) is 0.867. The minimum Gasteiger partial charge on any atom is -0.352 e. The van der Waals surface area contributed by atoms with Crippen molar-refractivity contribution in [3.63, 3.8) is 0 Å². The molecule has 1 saturated heterocycles. The van der Waals surface area contributed by atoms with Crippen LogP contribution in [0.15, 0.2) is 0 Å². The molecule has 0 aromatic heterocycles. The number of nitrogens with one attached hydrogen (secondary N) is 1. The molecule has 0 aromatic carbocycles. The molecule has 0 bridgehead atoms. The van der Waals surface area contributed by atoms with Crippen LogP contribution in [0, 0.1) is 5.92 Å². The standard InChI is InChI=1S/C15H29N3O2/c1-3-13(8-9-16)6-7-14(19)17-12(2)11-18-10-4-5-15(18)20/h12-13H,3-11,16H2,1-2H3,(H,17,19). The summed E-state index contributed by atoms with van der Waals surface area (Å²) in [6, 6.07) is 0.0270. The van der Waals surface area contributed by atoms with E-state index in [0.717, 1.165) is 32.2 Å². The second-order valence-electron chi connectivity index (χ2n) is 5.80. The summed E-state index contributed by atoms with van der Waals surface area (Å²) in [5.74, 6) is 0.834. The molecular weight excluding hydrogens is 254 g/mol. The summed E-state index contributed by atoms with van der Waals surface area (Å²) in [6.45, 7) is 6.24. The SMILES string of the molecule is CCC(CCN)CCC(=O)NC(C)CN1CCCC1=O. The van der Waals surface area contributed by atoms with E-state index >= 15 is 0 Å². The second-order valence-corrected chi connectivity index (χ2v) is 5.80. The molecule has 1 fully saturated rings. The molecule has 116 valence electrons. The third-order valence-electron chi connectivity index (χ3n) is 4.00. The predicted octanol–water partition coefficient (Wildman–Crippen LogP) is 1.27. The topological polar surface area (TPSA) is 75.4 Å². The summed E-state index contributed by atoms with van der Waals surface area (Å²) in [5.41, 5.74) is 5.56. The third kappa shape index (κ3) is 5.90. The van der Waals surface area contributed by atoms with Gasteiger partial charge in [0.2, 0.25) is 11.8 Å². The Kier molecular flexibility index (Phi) is 7.59. The maximum Gasteiger partial charge on any atom is 0.222 e. The first-order chi connectivity index (χ1) is 9.56. The Morgan fingerprint density at radius 3 is 2.75 bits per heavy atom. The number of rotatable bonds is 9. The van der Waals surface area contributed by atoms with Crippen molar-refractivity contribution in [2.24, 2.45) is 11.7 Å². The predicted molar refractivity (Wildman–Crippen MR) is 80.1 cm³/mol. The molecular formula is C15H29N3O2. The zero-order chi connectivity index (χ0) is 15.0. The van der Waals surface area contributed by atoms with Gasteiger partial charge in [0, 0.05) is 32.0 Å². The lowest BCUT2D eigenvalue weighted by Gasteiger charge is -2.22. The first-order valence-electron chi connectivity index (χ1n) is 7.84. The number of amides is 2. The van der Waals surface area contributed by atoms with Gasteiger partial charge in [0.05, 0.1) is 0 Å². The molecule has 2 unspecified atom stereocenters. The average Bonchev–Trinajstić information content (AvgIpc) is 2.80. The number of hydrogen-bond donors (Lipinski definition) is 2. The van der Waals surface area contributed by atoms with Crippen LogP contribution in [0.5, 0.6) is 0 Å². The van der Waals surface area contributed by atoms with Crippen LogP contribution in [0.2, 0.25) is 0 Å². The van der Waals surface area contributed by atoms with E-state index in [4.69, 9.17) is 5.73 Å². The zero-order valence-corrected chi connectivity index (χ0v) is 12.9. The van der Waals surface area contributed by atoms with E-state index in [2.05, 4.69) is 12.2 Å². The minimum atomic E-state index is 0.0270. The quantitative estimate of drug-likeness (QED) is 0.669. The summed E-state index contributed by atoms with van der Waals surface area (Å²) in [6.07, 6.45) is 5.10. The summed E-state index contributed by atoms with van der Waals surface area (Å²) >= 11 is 0. The maximum absolute atomic E-state index is 11.9. The van der Waals surface area contributed by atoms with Crippen LogP contribution in [0.3, 0.4) is 0 Å². The van der Waals surface area contributed by atoms with Gasteiger partial charge >= 0.3 is 0 Å². The van der Waals surface area contributed by atoms with Crippen molar-refractivity contribution in [3.8, 4) is 0 Å². The van der Waals surface area contributed by atoms with Gasteiger partial charge in [-0.2, -0.15) is 0 Å². The Bertz CT molecular complexity index is 320. The van der Waals surface area contributed by atoms with E-state index in [-0.39, 0.29) is 17.9 Å². The van der Waals surface area contributed by atoms with Gasteiger partial charge in [-0.25, -0.2) is 0 Å². The second kappa shape index (κ2) is 8.95. The van der Waals surface area contributed by atoms with Gasteiger partial charge in [-0.1, -0.05) is 13.3 Å². The molecule has 1 aliphatic heterocycles. The van der Waals surface area contributed by atoms with E-state index in [1.165, 1.54) is 0 Å². The highest BCUT2D eigenvalue weighted by molar-refractivity contribution is 5.78. The normalized spacial score (nSPS) is 18.1. The lowest BCUT2D eigenvalue weighted by atomic mass is 9.96. The molecule has 0 radical (unpaired) electrons. The molecule has 0 saturated carbocycles. The Balaban J connectivity index is 2.22. The fourth-order valence-electron chi connectivity index (χ4n) is 2.74. The summed E-state index contributed by atoms with van der Waals surface area (Å²) in [5, 5.41) is 2.98. The van der Waals surface area contributed by atoms with Crippen LogP contribution < -0.4 is 11.1 Å². The Hall–Kier alpha value is -1.10. The lowest BCUT2D eigenvalue weighted by molar-refractivity contribution is -0.129. The van der Waals surface area contributed by atoms with Crippen LogP contribution in [-0.2, 0) is 9.59 Å². The maximum atomic E-state index is 11.9. The first-order valence-corrected chi connectivity index (χ1v) is 7.84. The van der Waals surface area contributed by atoms with Crippen molar-refractivity contribution in [2.75, 3.05) is 19.6 Å². The number of nitrogens with two attached hydrogens (primary N) is 1. The molecule has 5 nitrogen and oxygen atoms in total. The van der Waals surface area contributed by atoms with Gasteiger partial charge in [0.25, 0.3) is 0 Å². The van der Waals surface area contributed by atoms with Crippen LogP contribution in [-0.4, -0.2) is 42.4 Å². The highest BCUT2D eigenvalue weighted by Gasteiger charge is 2.22. The van der Waals surface area contributed by atoms with Crippen LogP contribution in [0.25, 0.3) is 0 Å². The summed E-state index contributed by atoms with van der Waals surface area (Å²) in [7, 11) is 0. The number of nitrogens with zero attached hydrogens (tertiary/aromatic N) is 1. The van der Waals surface area contributed by atoms with E-state index in [0.29, 0.717) is 31.8 Å². The monoisotopic (exact) mass is 283 g/mol. The van der Waals surface area contributed by atoms with Gasteiger partial charge in [0.15, 0.2) is 0 Å². The van der Waals surface area contributed by atoms with E-state index in [9.17, 15) is 9.59 Å². The number of hydrogen-bond acceptors (Lipinski definition) is 3. The Morgan fingerprint density at radius 1 is 1.45 bits per heavy atom. The highest BCUT2D eigenvalue weighted by Crippen LogP contribution is 2.14. The van der Waals surface area contributed by atoms with E-state index < -0.39 is 0 Å². The summed E-state index contributed by atoms with van der Waals surface area (Å²) in [4.78, 5) is 25.3. The van der Waals surface area contributed by atoms with Crippen LogP contribution in [0.4, 0.5) is 0 Å². The van der Waals surface area contributed by atoms with Crippen molar-refractivity contribution in [3.05, 3.63) is 0 Å². The minimum absolute atomic E-state index is 0.0270. The third-order valence-corrected chi connectivity index (χ3v) is 4.00. The molecule has 3 N–H and O–H groups in total. The van der Waals surface area contributed by atoms with Gasteiger partial charge in [-0.3, -0.25) is 9.59 Å². The van der Waals surface area contributed by atoms with Crippen molar-refractivity contribution < 1.29 is 9.59 Å². The molecule has 0 aromatic rings. The van der Waals surface area contributed by atoms with Crippen molar-refractivity contribution in [2.45, 2.75) is 58.4 Å². The largest absolute Gasteiger partial charge is 0.352 e. The Morgan fingerprint density at radius 2 is 2.20 bits per heavy atom. The average molecular weight is 283 g/mol. The smallest absolute Gasteiger partial charge is 0.222 e. The number of carbonyl (C=O) groups is 2. The summed E-state index contributed by atoms with van der Waals surface area (Å²) < 4.78 is 0. The lowest BCUT2D eigenvalue weighted by Crippen LogP contribution is -2.42. The number of carbonyl (C=O) groups excluding carboxylic acids is 2. The molecule has 20 heavy (non-hydrogen) atoms. The first kappa shape index (κ1) is 17.0. The molecule has 1 aliphatic rings. The molecule has 2 amide bonds. The van der Waals surface area contributed by atoms with Gasteiger partial charge in [-0.15, -0.1) is 0 Å². The molecule has 0 aliphatic carbocycles. The van der Waals surface area contributed by atoms with Crippen molar-refractivity contribution in [1.29, 1.82) is 0 Å². The van der Waals surface area contributed by atoms with Gasteiger partial charge < -0.3 is 16.0 Å². The molecule has 2 atom stereocenters. The van der Waals surface area contributed by atoms with E-state index in [1.807, 2.05) is 11.8 Å². The highest BCUT2D eigenvalue weighted by atomic mass is 16.2. The molecule has 1 heterocycles. The van der Waals surface area contributed by atoms with Crippen LogP contribution in [0.1, 0.15) is 52.4 Å². The fourth-order valence-corrected chi connectivity index (χ4v) is 2.74.